The van der Waals surface area contributed by atoms with Crippen molar-refractivity contribution in [2.24, 2.45) is 0 Å². The molecule has 0 aliphatic rings. The van der Waals surface area contributed by atoms with Crippen LogP contribution in [-0.4, -0.2) is 42.3 Å². The predicted molar refractivity (Wildman–Crippen MR) is 128 cm³/mol. The van der Waals surface area contributed by atoms with Crippen LogP contribution in [0.1, 0.15) is 15.9 Å². The number of rotatable bonds is 7. The molecule has 0 aliphatic heterocycles. The smallest absolute Gasteiger partial charge is 0.253 e. The predicted octanol–water partition coefficient (Wildman–Crippen LogP) is 4.43. The highest BCUT2D eigenvalue weighted by Crippen LogP contribution is 2.38. The highest BCUT2D eigenvalue weighted by atomic mass is 35.6. The zero-order valence-electron chi connectivity index (χ0n) is 17.2. The summed E-state index contributed by atoms with van der Waals surface area (Å²) in [5, 5.41) is 8.57. The van der Waals surface area contributed by atoms with Crippen molar-refractivity contribution >= 4 is 63.7 Å². The number of aryl methyl sites for hydroxylation is 1. The van der Waals surface area contributed by atoms with Gasteiger partial charge in [0.1, 0.15) is 6.17 Å². The first-order valence-corrected chi connectivity index (χ1v) is 10.4. The normalized spacial score (nSPS) is 11.8. The van der Waals surface area contributed by atoms with Crippen molar-refractivity contribution < 1.29 is 19.0 Å². The van der Waals surface area contributed by atoms with Crippen molar-refractivity contribution in [3.63, 3.8) is 0 Å². The molecule has 7 nitrogen and oxygen atoms in total. The van der Waals surface area contributed by atoms with E-state index >= 15 is 0 Å². The first-order valence-electron chi connectivity index (χ1n) is 8.90. The second-order valence-electron chi connectivity index (χ2n) is 6.33. The van der Waals surface area contributed by atoms with Gasteiger partial charge in [-0.15, -0.1) is 0 Å². The highest BCUT2D eigenvalue weighted by molar-refractivity contribution is 7.80. The topological polar surface area (TPSA) is 80.9 Å². The van der Waals surface area contributed by atoms with E-state index in [1.165, 1.54) is 33.5 Å². The van der Waals surface area contributed by atoms with Gasteiger partial charge in [-0.2, -0.15) is 0 Å². The summed E-state index contributed by atoms with van der Waals surface area (Å²) in [4.78, 5) is 12.9. The Labute approximate surface area is 201 Å². The number of hydrogen-bond acceptors (Lipinski definition) is 5. The van der Waals surface area contributed by atoms with Gasteiger partial charge < -0.3 is 30.2 Å². The van der Waals surface area contributed by atoms with Crippen LogP contribution in [0.25, 0.3) is 0 Å². The minimum atomic E-state index is -1.91. The van der Waals surface area contributed by atoms with Crippen LogP contribution in [0.3, 0.4) is 0 Å². The Hall–Kier alpha value is -2.13. The molecule has 168 valence electrons. The third-order valence-corrected chi connectivity index (χ3v) is 4.96. The van der Waals surface area contributed by atoms with Crippen molar-refractivity contribution in [1.82, 2.24) is 10.6 Å². The quantitative estimate of drug-likeness (QED) is 0.291. The maximum absolute atomic E-state index is 12.9. The van der Waals surface area contributed by atoms with E-state index in [-0.39, 0.29) is 10.7 Å². The molecular weight excluding hydrogens is 485 g/mol. The van der Waals surface area contributed by atoms with Crippen LogP contribution in [0.2, 0.25) is 0 Å². The van der Waals surface area contributed by atoms with Gasteiger partial charge >= 0.3 is 0 Å². The number of carbonyl (C=O) groups is 1. The lowest BCUT2D eigenvalue weighted by molar-refractivity contribution is 0.0933. The number of hydrogen-bond donors (Lipinski definition) is 3. The van der Waals surface area contributed by atoms with Crippen molar-refractivity contribution in [3.8, 4) is 17.2 Å². The van der Waals surface area contributed by atoms with E-state index in [0.29, 0.717) is 17.2 Å². The summed E-state index contributed by atoms with van der Waals surface area (Å²) in [6.07, 6.45) is -1.14. The SMILES string of the molecule is COc1cc(C(=O)NC(NC(=S)Nc2cccc(C)c2)C(Cl)(Cl)Cl)cc(OC)c1OC. The number of methoxy groups -OCH3 is 3. The molecule has 0 fully saturated rings. The molecule has 0 spiro atoms. The lowest BCUT2D eigenvalue weighted by Crippen LogP contribution is -2.56. The molecule has 0 heterocycles. The number of benzene rings is 2. The summed E-state index contributed by atoms with van der Waals surface area (Å²) in [6.45, 7) is 1.95. The van der Waals surface area contributed by atoms with Gasteiger partial charge in [-0.05, 0) is 49.0 Å². The third kappa shape index (κ3) is 6.93. The highest BCUT2D eigenvalue weighted by Gasteiger charge is 2.35. The van der Waals surface area contributed by atoms with E-state index in [1.54, 1.807) is 0 Å². The second kappa shape index (κ2) is 10.9. The molecule has 0 radical (unpaired) electrons. The van der Waals surface area contributed by atoms with Gasteiger partial charge in [0.25, 0.3) is 5.91 Å². The fraction of sp³-hybridized carbons (Fsp3) is 0.300. The molecule has 1 amide bonds. The lowest BCUT2D eigenvalue weighted by Gasteiger charge is -2.28. The van der Waals surface area contributed by atoms with Crippen molar-refractivity contribution in [3.05, 3.63) is 47.5 Å². The molecule has 1 atom stereocenters. The van der Waals surface area contributed by atoms with E-state index in [4.69, 9.17) is 61.2 Å². The molecule has 2 aromatic rings. The maximum atomic E-state index is 12.9. The average molecular weight is 507 g/mol. The Balaban J connectivity index is 2.21. The number of amides is 1. The largest absolute Gasteiger partial charge is 0.493 e. The summed E-state index contributed by atoms with van der Waals surface area (Å²) < 4.78 is 13.9. The number of thiocarbonyl (C=S) groups is 1. The zero-order chi connectivity index (χ0) is 23.2. The van der Waals surface area contributed by atoms with Crippen LogP contribution >= 0.6 is 47.0 Å². The Morgan fingerprint density at radius 1 is 1.00 bits per heavy atom. The summed E-state index contributed by atoms with van der Waals surface area (Å²) in [5.41, 5.74) is 1.99. The number of nitrogens with one attached hydrogen (secondary N) is 3. The van der Waals surface area contributed by atoms with E-state index < -0.39 is 15.9 Å². The van der Waals surface area contributed by atoms with Crippen LogP contribution < -0.4 is 30.2 Å². The average Bonchev–Trinajstić information content (AvgIpc) is 2.71. The van der Waals surface area contributed by atoms with Crippen molar-refractivity contribution in [1.29, 1.82) is 0 Å². The fourth-order valence-electron chi connectivity index (χ4n) is 2.65. The number of carbonyl (C=O) groups excluding carboxylic acids is 1. The van der Waals surface area contributed by atoms with E-state index in [1.807, 2.05) is 31.2 Å². The van der Waals surface area contributed by atoms with Gasteiger partial charge in [-0.1, -0.05) is 46.9 Å². The molecule has 2 rings (SSSR count). The van der Waals surface area contributed by atoms with Gasteiger partial charge in [-0.25, -0.2) is 0 Å². The third-order valence-electron chi connectivity index (χ3n) is 4.08. The first-order chi connectivity index (χ1) is 14.6. The van der Waals surface area contributed by atoms with Crippen LogP contribution in [0.5, 0.6) is 17.2 Å². The molecule has 0 saturated heterocycles. The monoisotopic (exact) mass is 505 g/mol. The van der Waals surface area contributed by atoms with E-state index in [9.17, 15) is 4.79 Å². The fourth-order valence-corrected chi connectivity index (χ4v) is 3.21. The summed E-state index contributed by atoms with van der Waals surface area (Å²) >= 11 is 23.5. The van der Waals surface area contributed by atoms with Crippen molar-refractivity contribution in [2.45, 2.75) is 16.9 Å². The minimum Gasteiger partial charge on any atom is -0.493 e. The summed E-state index contributed by atoms with van der Waals surface area (Å²) in [5.74, 6) is 0.409. The summed E-state index contributed by atoms with van der Waals surface area (Å²) in [7, 11) is 4.35. The molecule has 0 saturated carbocycles. The Bertz CT molecular complexity index is 929. The number of anilines is 1. The van der Waals surface area contributed by atoms with E-state index in [2.05, 4.69) is 16.0 Å². The maximum Gasteiger partial charge on any atom is 0.253 e. The molecule has 2 aromatic carbocycles. The van der Waals surface area contributed by atoms with Crippen LogP contribution in [0.4, 0.5) is 5.69 Å². The molecule has 0 aliphatic carbocycles. The van der Waals surface area contributed by atoms with E-state index in [0.717, 1.165) is 11.3 Å². The molecule has 1 unspecified atom stereocenters. The number of halogens is 3. The Kier molecular flexibility index (Phi) is 8.88. The molecule has 11 heteroatoms. The van der Waals surface area contributed by atoms with Gasteiger partial charge in [0.2, 0.25) is 9.54 Å². The van der Waals surface area contributed by atoms with Crippen LogP contribution in [0.15, 0.2) is 36.4 Å². The lowest BCUT2D eigenvalue weighted by atomic mass is 10.1. The molecule has 0 bridgehead atoms. The zero-order valence-corrected chi connectivity index (χ0v) is 20.3. The van der Waals surface area contributed by atoms with Crippen LogP contribution in [0, 0.1) is 6.92 Å². The standard InChI is InChI=1S/C20H22Cl3N3O4S/c1-11-6-5-7-13(8-11)24-19(31)26-18(20(21,22)23)25-17(27)12-9-14(28-2)16(30-4)15(10-12)29-3/h5-10,18H,1-4H3,(H,25,27)(H2,24,26,31). The van der Waals surface area contributed by atoms with Gasteiger partial charge in [0, 0.05) is 11.3 Å². The van der Waals surface area contributed by atoms with Gasteiger partial charge in [-0.3, -0.25) is 4.79 Å². The molecule has 31 heavy (non-hydrogen) atoms. The number of alkyl halides is 3. The second-order valence-corrected chi connectivity index (χ2v) is 9.11. The first kappa shape index (κ1) is 25.1. The number of ether oxygens (including phenoxy) is 3. The van der Waals surface area contributed by atoms with Gasteiger partial charge in [0.15, 0.2) is 16.6 Å². The van der Waals surface area contributed by atoms with Crippen LogP contribution in [-0.2, 0) is 0 Å². The molecule has 3 N–H and O–H groups in total. The Morgan fingerprint density at radius 2 is 1.61 bits per heavy atom. The van der Waals surface area contributed by atoms with Crippen molar-refractivity contribution in [2.75, 3.05) is 26.6 Å². The van der Waals surface area contributed by atoms with Gasteiger partial charge in [0.05, 0.1) is 21.3 Å². The minimum absolute atomic E-state index is 0.159. The molecule has 0 aromatic heterocycles. The Morgan fingerprint density at radius 3 is 2.10 bits per heavy atom. The summed E-state index contributed by atoms with van der Waals surface area (Å²) in [6, 6.07) is 10.5. The molecular formula is C20H22Cl3N3O4S.